The Morgan fingerprint density at radius 3 is 2.90 bits per heavy atom. The van der Waals surface area contributed by atoms with Crippen molar-refractivity contribution in [2.45, 2.75) is 44.9 Å². The largest absolute Gasteiger partial charge is 0.481 e. The fourth-order valence-electron chi connectivity index (χ4n) is 2.81. The number of nitrogens with one attached hydrogen (secondary N) is 2. The van der Waals surface area contributed by atoms with Crippen molar-refractivity contribution in [2.75, 3.05) is 26.2 Å². The summed E-state index contributed by atoms with van der Waals surface area (Å²) in [4.78, 5) is 25.0. The van der Waals surface area contributed by atoms with Crippen molar-refractivity contribution >= 4 is 12.0 Å². The summed E-state index contributed by atoms with van der Waals surface area (Å²) < 4.78 is 5.75. The molecule has 4 atom stereocenters. The molecule has 0 bridgehead atoms. The number of carbonyl (C=O) groups excluding carboxylic acids is 1. The molecule has 4 unspecified atom stereocenters. The van der Waals surface area contributed by atoms with Gasteiger partial charge in [0.05, 0.1) is 18.6 Å². The van der Waals surface area contributed by atoms with Gasteiger partial charge in [0.2, 0.25) is 0 Å². The van der Waals surface area contributed by atoms with Crippen molar-refractivity contribution in [3.63, 3.8) is 0 Å². The lowest BCUT2D eigenvalue weighted by Gasteiger charge is -2.35. The molecule has 2 fully saturated rings. The number of carboxylic acids is 1. The van der Waals surface area contributed by atoms with Gasteiger partial charge in [-0.25, -0.2) is 4.79 Å². The van der Waals surface area contributed by atoms with Crippen molar-refractivity contribution in [2.24, 2.45) is 5.92 Å². The molecule has 0 saturated carbocycles. The molecule has 0 aromatic heterocycles. The number of nitrogens with zero attached hydrogens (tertiary/aromatic N) is 1. The normalized spacial score (nSPS) is 28.5. The van der Waals surface area contributed by atoms with E-state index in [4.69, 9.17) is 9.84 Å². The van der Waals surface area contributed by atoms with Crippen molar-refractivity contribution in [3.8, 4) is 0 Å². The molecule has 2 aliphatic heterocycles. The maximum Gasteiger partial charge on any atom is 0.315 e. The van der Waals surface area contributed by atoms with Gasteiger partial charge in [-0.2, -0.15) is 0 Å². The SMILES string of the molecule is CC(NC(=O)NCC1CN2CCCC2CO1)C(C)C(=O)O. The van der Waals surface area contributed by atoms with Crippen LogP contribution in [0.4, 0.5) is 4.79 Å². The predicted octanol–water partition coefficient (Wildman–Crippen LogP) is 0.258. The van der Waals surface area contributed by atoms with Crippen molar-refractivity contribution < 1.29 is 19.4 Å². The maximum atomic E-state index is 11.8. The minimum atomic E-state index is -0.918. The first kappa shape index (κ1) is 16.0. The Bertz CT molecular complexity index is 390. The minimum Gasteiger partial charge on any atom is -0.481 e. The average molecular weight is 299 g/mol. The Morgan fingerprint density at radius 2 is 2.19 bits per heavy atom. The summed E-state index contributed by atoms with van der Waals surface area (Å²) in [6.45, 7) is 6.41. The van der Waals surface area contributed by atoms with Gasteiger partial charge in [0.15, 0.2) is 0 Å². The van der Waals surface area contributed by atoms with Gasteiger partial charge in [0, 0.05) is 25.2 Å². The smallest absolute Gasteiger partial charge is 0.315 e. The van der Waals surface area contributed by atoms with Crippen LogP contribution in [0.15, 0.2) is 0 Å². The molecule has 7 heteroatoms. The number of ether oxygens (including phenoxy) is 1. The zero-order chi connectivity index (χ0) is 15.4. The zero-order valence-electron chi connectivity index (χ0n) is 12.7. The summed E-state index contributed by atoms with van der Waals surface area (Å²) in [5.41, 5.74) is 0. The number of carbonyl (C=O) groups is 2. The number of carboxylic acid groups (broad SMARTS) is 1. The topological polar surface area (TPSA) is 90.9 Å². The van der Waals surface area contributed by atoms with Gasteiger partial charge >= 0.3 is 12.0 Å². The number of urea groups is 1. The molecule has 0 spiro atoms. The van der Waals surface area contributed by atoms with Crippen LogP contribution in [0.2, 0.25) is 0 Å². The lowest BCUT2D eigenvalue weighted by Crippen LogP contribution is -2.52. The van der Waals surface area contributed by atoms with E-state index in [9.17, 15) is 9.59 Å². The van der Waals surface area contributed by atoms with Crippen molar-refractivity contribution in [1.82, 2.24) is 15.5 Å². The summed E-state index contributed by atoms with van der Waals surface area (Å²) in [7, 11) is 0. The third-order valence-electron chi connectivity index (χ3n) is 4.45. The van der Waals surface area contributed by atoms with Crippen LogP contribution in [-0.2, 0) is 9.53 Å². The minimum absolute atomic E-state index is 0.0114. The molecule has 120 valence electrons. The molecule has 0 aromatic carbocycles. The van der Waals surface area contributed by atoms with Crippen LogP contribution < -0.4 is 10.6 Å². The summed E-state index contributed by atoms with van der Waals surface area (Å²) in [6.07, 6.45) is 2.43. The van der Waals surface area contributed by atoms with Crippen LogP contribution in [0.25, 0.3) is 0 Å². The molecule has 0 aliphatic carbocycles. The van der Waals surface area contributed by atoms with E-state index in [0.717, 1.165) is 19.7 Å². The standard InChI is InChI=1S/C14H25N3O4/c1-9(13(18)19)10(2)16-14(20)15-6-12-7-17-5-3-4-11(17)8-21-12/h9-12H,3-8H2,1-2H3,(H,18,19)(H2,15,16,20). The summed E-state index contributed by atoms with van der Waals surface area (Å²) >= 11 is 0. The number of hydrogen-bond acceptors (Lipinski definition) is 4. The second-order valence-corrected chi connectivity index (χ2v) is 6.02. The first-order chi connectivity index (χ1) is 9.97. The first-order valence-corrected chi connectivity index (χ1v) is 7.60. The molecular weight excluding hydrogens is 274 g/mol. The summed E-state index contributed by atoms with van der Waals surface area (Å²) in [5, 5.41) is 14.3. The second kappa shape index (κ2) is 7.09. The molecule has 21 heavy (non-hydrogen) atoms. The van der Waals surface area contributed by atoms with Gasteiger partial charge in [0.25, 0.3) is 0 Å². The van der Waals surface area contributed by atoms with E-state index in [1.54, 1.807) is 13.8 Å². The third-order valence-corrected chi connectivity index (χ3v) is 4.45. The van der Waals surface area contributed by atoms with Gasteiger partial charge in [-0.15, -0.1) is 0 Å². The second-order valence-electron chi connectivity index (χ2n) is 6.02. The van der Waals surface area contributed by atoms with Gasteiger partial charge in [-0.1, -0.05) is 0 Å². The maximum absolute atomic E-state index is 11.8. The van der Waals surface area contributed by atoms with Gasteiger partial charge < -0.3 is 20.5 Å². The summed E-state index contributed by atoms with van der Waals surface area (Å²) in [5.74, 6) is -1.54. The average Bonchev–Trinajstić information content (AvgIpc) is 2.91. The van der Waals surface area contributed by atoms with E-state index in [-0.39, 0.29) is 12.1 Å². The molecule has 7 nitrogen and oxygen atoms in total. The lowest BCUT2D eigenvalue weighted by molar-refractivity contribution is -0.141. The third kappa shape index (κ3) is 4.31. The highest BCUT2D eigenvalue weighted by atomic mass is 16.5. The van der Waals surface area contributed by atoms with Gasteiger partial charge in [0.1, 0.15) is 0 Å². The van der Waals surface area contributed by atoms with Gasteiger partial charge in [-0.3, -0.25) is 9.69 Å². The highest BCUT2D eigenvalue weighted by molar-refractivity contribution is 5.76. The Hall–Kier alpha value is -1.34. The highest BCUT2D eigenvalue weighted by Crippen LogP contribution is 2.22. The van der Waals surface area contributed by atoms with E-state index >= 15 is 0 Å². The Kier molecular flexibility index (Phi) is 5.41. The Labute approximate surface area is 125 Å². The zero-order valence-corrected chi connectivity index (χ0v) is 12.7. The highest BCUT2D eigenvalue weighted by Gasteiger charge is 2.32. The molecule has 2 amide bonds. The molecule has 2 rings (SSSR count). The number of aliphatic carboxylic acids is 1. The molecular formula is C14H25N3O4. The number of amides is 2. The van der Waals surface area contributed by atoms with Crippen LogP contribution >= 0.6 is 0 Å². The van der Waals surface area contributed by atoms with Crippen molar-refractivity contribution in [3.05, 3.63) is 0 Å². The van der Waals surface area contributed by atoms with Crippen molar-refractivity contribution in [1.29, 1.82) is 0 Å². The Morgan fingerprint density at radius 1 is 1.43 bits per heavy atom. The summed E-state index contributed by atoms with van der Waals surface area (Å²) in [6, 6.07) is -0.216. The number of fused-ring (bicyclic) bond motifs is 1. The molecule has 0 aromatic rings. The van der Waals surface area contributed by atoms with E-state index in [1.165, 1.54) is 12.8 Å². The number of hydrogen-bond donors (Lipinski definition) is 3. The van der Waals surface area contributed by atoms with Crippen LogP contribution in [0.5, 0.6) is 0 Å². The van der Waals surface area contributed by atoms with Gasteiger partial charge in [-0.05, 0) is 33.2 Å². The molecule has 0 radical (unpaired) electrons. The lowest BCUT2D eigenvalue weighted by atomic mass is 10.0. The fraction of sp³-hybridized carbons (Fsp3) is 0.857. The van der Waals surface area contributed by atoms with Crippen LogP contribution in [0.3, 0.4) is 0 Å². The van der Waals surface area contributed by atoms with Crippen LogP contribution in [0.1, 0.15) is 26.7 Å². The molecule has 3 N–H and O–H groups in total. The van der Waals surface area contributed by atoms with E-state index in [1.807, 2.05) is 0 Å². The number of morpholine rings is 1. The van der Waals surface area contributed by atoms with E-state index in [2.05, 4.69) is 15.5 Å². The Balaban J connectivity index is 1.68. The first-order valence-electron chi connectivity index (χ1n) is 7.60. The quantitative estimate of drug-likeness (QED) is 0.677. The molecule has 2 heterocycles. The predicted molar refractivity (Wildman–Crippen MR) is 77.1 cm³/mol. The van der Waals surface area contributed by atoms with E-state index < -0.39 is 17.9 Å². The number of rotatable bonds is 5. The fourth-order valence-corrected chi connectivity index (χ4v) is 2.81. The molecule has 2 aliphatic rings. The van der Waals surface area contributed by atoms with E-state index in [0.29, 0.717) is 12.6 Å². The van der Waals surface area contributed by atoms with Crippen LogP contribution in [0, 0.1) is 5.92 Å². The molecule has 2 saturated heterocycles. The van der Waals surface area contributed by atoms with Crippen LogP contribution in [-0.4, -0.2) is 66.4 Å². The monoisotopic (exact) mass is 299 g/mol.